The van der Waals surface area contributed by atoms with Gasteiger partial charge in [-0.05, 0) is 67.1 Å². The van der Waals surface area contributed by atoms with Crippen molar-refractivity contribution in [1.29, 1.82) is 0 Å². The largest absolute Gasteiger partial charge is 0.462 e. The van der Waals surface area contributed by atoms with E-state index in [9.17, 15) is 14.7 Å². The molecule has 4 aliphatic carbocycles. The van der Waals surface area contributed by atoms with E-state index in [-0.39, 0.29) is 41.6 Å². The topological polar surface area (TPSA) is 72.8 Å². The van der Waals surface area contributed by atoms with Crippen LogP contribution in [0.2, 0.25) is 0 Å². The molecule has 0 aromatic rings. The molecule has 0 radical (unpaired) electrons. The fourth-order valence-corrected chi connectivity index (χ4v) is 8.46. The molecule has 4 aliphatic rings. The second kappa shape index (κ2) is 8.20. The molecule has 1 N–H and O–H groups in total. The van der Waals surface area contributed by atoms with Crippen LogP contribution in [0.3, 0.4) is 0 Å². The minimum Gasteiger partial charge on any atom is -0.462 e. The average Bonchev–Trinajstić information content (AvgIpc) is 3.04. The van der Waals surface area contributed by atoms with Gasteiger partial charge >= 0.3 is 11.9 Å². The lowest BCUT2D eigenvalue weighted by Crippen LogP contribution is -2.57. The van der Waals surface area contributed by atoms with E-state index in [1.54, 1.807) is 0 Å². The van der Waals surface area contributed by atoms with E-state index in [1.165, 1.54) is 38.7 Å². The third-order valence-electron chi connectivity index (χ3n) is 9.82. The number of allylic oxidation sites excluding steroid dienone is 1. The molecule has 0 saturated heterocycles. The highest BCUT2D eigenvalue weighted by Crippen LogP contribution is 2.67. The van der Waals surface area contributed by atoms with E-state index in [1.807, 2.05) is 0 Å². The first-order valence-electron chi connectivity index (χ1n) is 12.3. The van der Waals surface area contributed by atoms with Gasteiger partial charge < -0.3 is 14.6 Å². The molecule has 3 fully saturated rings. The van der Waals surface area contributed by atoms with Crippen molar-refractivity contribution in [1.82, 2.24) is 0 Å². The Morgan fingerprint density at radius 2 is 1.84 bits per heavy atom. The number of esters is 2. The molecule has 0 heterocycles. The molecule has 174 valence electrons. The Labute approximate surface area is 186 Å². The summed E-state index contributed by atoms with van der Waals surface area (Å²) in [5, 5.41) is 9.84. The molecular formula is C26H40O5. The molecule has 0 aromatic carbocycles. The van der Waals surface area contributed by atoms with Gasteiger partial charge in [0.15, 0.2) is 0 Å². The molecule has 0 aliphatic heterocycles. The van der Waals surface area contributed by atoms with Crippen LogP contribution in [-0.2, 0) is 19.1 Å². The summed E-state index contributed by atoms with van der Waals surface area (Å²) >= 11 is 0. The lowest BCUT2D eigenvalue weighted by Gasteiger charge is -2.60. The highest BCUT2D eigenvalue weighted by molar-refractivity contribution is 5.67. The van der Waals surface area contributed by atoms with Crippen molar-refractivity contribution in [3.05, 3.63) is 11.6 Å². The van der Waals surface area contributed by atoms with Crippen molar-refractivity contribution in [3.8, 4) is 0 Å². The van der Waals surface area contributed by atoms with E-state index in [0.717, 1.165) is 19.3 Å². The van der Waals surface area contributed by atoms with E-state index < -0.39 is 0 Å². The maximum absolute atomic E-state index is 12.0. The van der Waals surface area contributed by atoms with Gasteiger partial charge in [0, 0.05) is 38.7 Å². The van der Waals surface area contributed by atoms with Crippen LogP contribution in [0.5, 0.6) is 0 Å². The average molecular weight is 433 g/mol. The SMILES string of the molecule is CC(=O)O[C@@H]1CC2=CC[C@H]3[C@@H]4CC[C@H]([C@H](C)CO)[C@@]4(C)CC[C@@H]3[C@@]2(C)[C@@H](OC(C)=O)C1. The number of fused-ring (bicyclic) bond motifs is 5. The summed E-state index contributed by atoms with van der Waals surface area (Å²) in [5.41, 5.74) is 1.42. The van der Waals surface area contributed by atoms with Crippen LogP contribution < -0.4 is 0 Å². The van der Waals surface area contributed by atoms with E-state index in [2.05, 4.69) is 26.8 Å². The molecule has 9 atom stereocenters. The van der Waals surface area contributed by atoms with Crippen molar-refractivity contribution >= 4 is 11.9 Å². The highest BCUT2D eigenvalue weighted by atomic mass is 16.6. The van der Waals surface area contributed by atoms with Gasteiger partial charge in [-0.15, -0.1) is 0 Å². The molecule has 4 rings (SSSR count). The summed E-state index contributed by atoms with van der Waals surface area (Å²) < 4.78 is 11.5. The number of carbonyl (C=O) groups excluding carboxylic acids is 2. The molecule has 0 unspecified atom stereocenters. The Bertz CT molecular complexity index is 759. The van der Waals surface area contributed by atoms with Gasteiger partial charge in [-0.1, -0.05) is 32.4 Å². The summed E-state index contributed by atoms with van der Waals surface area (Å²) in [5.74, 6) is 2.14. The third-order valence-corrected chi connectivity index (χ3v) is 9.82. The Morgan fingerprint density at radius 1 is 1.13 bits per heavy atom. The third kappa shape index (κ3) is 3.65. The first-order valence-corrected chi connectivity index (χ1v) is 12.3. The molecule has 5 nitrogen and oxygen atoms in total. The number of aliphatic hydroxyl groups is 1. The van der Waals surface area contributed by atoms with Crippen LogP contribution in [0.4, 0.5) is 0 Å². The first kappa shape index (κ1) is 22.8. The first-order chi connectivity index (χ1) is 14.6. The van der Waals surface area contributed by atoms with Crippen molar-refractivity contribution < 1.29 is 24.2 Å². The van der Waals surface area contributed by atoms with Gasteiger partial charge in [-0.2, -0.15) is 0 Å². The van der Waals surface area contributed by atoms with Crippen molar-refractivity contribution in [2.24, 2.45) is 40.4 Å². The minimum atomic E-state index is -0.270. The summed E-state index contributed by atoms with van der Waals surface area (Å²) in [6.07, 6.45) is 9.09. The minimum absolute atomic E-state index is 0.187. The maximum atomic E-state index is 12.0. The fraction of sp³-hybridized carbons (Fsp3) is 0.846. The number of aliphatic hydroxyl groups excluding tert-OH is 1. The zero-order valence-electron chi connectivity index (χ0n) is 19.9. The van der Waals surface area contributed by atoms with Crippen LogP contribution >= 0.6 is 0 Å². The van der Waals surface area contributed by atoms with Gasteiger partial charge in [-0.3, -0.25) is 9.59 Å². The van der Waals surface area contributed by atoms with Crippen LogP contribution in [-0.4, -0.2) is 35.9 Å². The van der Waals surface area contributed by atoms with E-state index >= 15 is 0 Å². The fourth-order valence-electron chi connectivity index (χ4n) is 8.46. The predicted octanol–water partition coefficient (Wildman–Crippen LogP) is 4.67. The molecule has 0 bridgehead atoms. The summed E-state index contributed by atoms with van der Waals surface area (Å²) in [4.78, 5) is 23.6. The molecule has 0 spiro atoms. The highest BCUT2D eigenvalue weighted by Gasteiger charge is 2.62. The number of hydrogen-bond donors (Lipinski definition) is 1. The molecule has 0 amide bonds. The molecule has 3 saturated carbocycles. The van der Waals surface area contributed by atoms with Gasteiger partial charge in [0.1, 0.15) is 12.2 Å². The Hall–Kier alpha value is -1.36. The van der Waals surface area contributed by atoms with Crippen LogP contribution in [0.25, 0.3) is 0 Å². The molecule has 31 heavy (non-hydrogen) atoms. The Kier molecular flexibility index (Phi) is 6.04. The smallest absolute Gasteiger partial charge is 0.302 e. The van der Waals surface area contributed by atoms with Gasteiger partial charge in [0.2, 0.25) is 0 Å². The van der Waals surface area contributed by atoms with Crippen LogP contribution in [0.15, 0.2) is 11.6 Å². The van der Waals surface area contributed by atoms with Crippen LogP contribution in [0, 0.1) is 40.4 Å². The Balaban J connectivity index is 1.66. The van der Waals surface area contributed by atoms with E-state index in [0.29, 0.717) is 36.0 Å². The van der Waals surface area contributed by atoms with Gasteiger partial charge in [0.05, 0.1) is 0 Å². The molecular weight excluding hydrogens is 392 g/mol. The van der Waals surface area contributed by atoms with Crippen LogP contribution in [0.1, 0.15) is 79.6 Å². The summed E-state index contributed by atoms with van der Waals surface area (Å²) in [7, 11) is 0. The standard InChI is InChI=1S/C26H40O5/c1-15(14-27)21-8-9-22-20-7-6-18-12-19(30-16(2)28)13-24(31-17(3)29)26(18,5)23(20)10-11-25(21,22)4/h6,15,19-24,27H,7-14H2,1-5H3/t15-,19-,20+,21-,22+,23+,24+,25-,26+/m1/s1. The second-order valence-corrected chi connectivity index (χ2v) is 11.3. The maximum Gasteiger partial charge on any atom is 0.302 e. The monoisotopic (exact) mass is 432 g/mol. The lowest BCUT2D eigenvalue weighted by atomic mass is 9.46. The van der Waals surface area contributed by atoms with Crippen molar-refractivity contribution in [2.75, 3.05) is 6.61 Å². The lowest BCUT2D eigenvalue weighted by molar-refractivity contribution is -0.172. The molecule has 5 heteroatoms. The number of ether oxygens (including phenoxy) is 2. The summed E-state index contributed by atoms with van der Waals surface area (Å²) in [6.45, 7) is 10.2. The number of rotatable bonds is 4. The number of hydrogen-bond acceptors (Lipinski definition) is 5. The Morgan fingerprint density at radius 3 is 2.48 bits per heavy atom. The zero-order valence-corrected chi connectivity index (χ0v) is 19.9. The summed E-state index contributed by atoms with van der Waals surface area (Å²) in [6, 6.07) is 0. The van der Waals surface area contributed by atoms with Crippen molar-refractivity contribution in [2.45, 2.75) is 91.8 Å². The second-order valence-electron chi connectivity index (χ2n) is 11.3. The van der Waals surface area contributed by atoms with Gasteiger partial charge in [-0.25, -0.2) is 0 Å². The van der Waals surface area contributed by atoms with Crippen molar-refractivity contribution in [3.63, 3.8) is 0 Å². The predicted molar refractivity (Wildman–Crippen MR) is 118 cm³/mol. The zero-order chi connectivity index (χ0) is 22.6. The quantitative estimate of drug-likeness (QED) is 0.516. The van der Waals surface area contributed by atoms with E-state index in [4.69, 9.17) is 9.47 Å². The number of carbonyl (C=O) groups is 2. The molecule has 0 aromatic heterocycles. The normalized spacial score (nSPS) is 44.9. The van der Waals surface area contributed by atoms with Gasteiger partial charge in [0.25, 0.3) is 0 Å².